The van der Waals surface area contributed by atoms with Crippen molar-refractivity contribution in [2.45, 2.75) is 45.8 Å². The van der Waals surface area contributed by atoms with Crippen LogP contribution in [-0.4, -0.2) is 51.1 Å². The molecule has 186 valence electrons. The maximum absolute atomic E-state index is 14.2. The van der Waals surface area contributed by atoms with E-state index in [0.717, 1.165) is 5.56 Å². The lowest BCUT2D eigenvalue weighted by atomic mass is 9.82. The minimum Gasteiger partial charge on any atom is -0.481 e. The van der Waals surface area contributed by atoms with E-state index in [1.165, 1.54) is 18.3 Å². The van der Waals surface area contributed by atoms with Crippen molar-refractivity contribution in [1.82, 2.24) is 20.7 Å². The van der Waals surface area contributed by atoms with Crippen LogP contribution in [0.5, 0.6) is 0 Å². The van der Waals surface area contributed by atoms with Gasteiger partial charge in [0.15, 0.2) is 0 Å². The standard InChI is InChI=1S/C25H28ClFN4O4/c1-15(2)35-14-25(3,24(33)34)12-19(29-23(32)22-13-28-31-30-22)10-16-4-6-17(7-5-16)20-11-18(26)8-9-21(20)27/h4-9,11,13,15,19H,10,12,14H2,1-3H3,(H,29,32)(H,33,34)(H,28,30,31)/t19-,25?/m1/s1. The molecule has 1 heterocycles. The fraction of sp³-hybridized carbons (Fsp3) is 0.360. The number of carbonyl (C=O) groups excluding carboxylic acids is 1. The molecule has 0 saturated carbocycles. The molecule has 1 unspecified atom stereocenters. The number of rotatable bonds is 11. The van der Waals surface area contributed by atoms with Crippen LogP contribution in [0.4, 0.5) is 4.39 Å². The van der Waals surface area contributed by atoms with Crippen LogP contribution in [0.1, 0.15) is 43.2 Å². The molecule has 3 rings (SSSR count). The van der Waals surface area contributed by atoms with Gasteiger partial charge in [0.2, 0.25) is 0 Å². The Balaban J connectivity index is 1.83. The molecule has 2 atom stereocenters. The number of halogens is 2. The van der Waals surface area contributed by atoms with Gasteiger partial charge >= 0.3 is 5.97 Å². The van der Waals surface area contributed by atoms with Gasteiger partial charge in [0.1, 0.15) is 11.5 Å². The third-order valence-corrected chi connectivity index (χ3v) is 5.85. The largest absolute Gasteiger partial charge is 0.481 e. The summed E-state index contributed by atoms with van der Waals surface area (Å²) in [5, 5.41) is 22.9. The molecule has 1 aromatic heterocycles. The lowest BCUT2D eigenvalue weighted by molar-refractivity contribution is -0.153. The van der Waals surface area contributed by atoms with E-state index in [-0.39, 0.29) is 30.6 Å². The van der Waals surface area contributed by atoms with Crippen LogP contribution in [0.15, 0.2) is 48.7 Å². The lowest BCUT2D eigenvalue weighted by Crippen LogP contribution is -2.44. The highest BCUT2D eigenvalue weighted by atomic mass is 35.5. The second kappa shape index (κ2) is 11.4. The van der Waals surface area contributed by atoms with Gasteiger partial charge in [-0.25, -0.2) is 4.39 Å². The van der Waals surface area contributed by atoms with Crippen molar-refractivity contribution >= 4 is 23.5 Å². The smallest absolute Gasteiger partial charge is 0.311 e. The molecule has 0 spiro atoms. The molecule has 2 aromatic carbocycles. The van der Waals surface area contributed by atoms with E-state index in [4.69, 9.17) is 16.3 Å². The van der Waals surface area contributed by atoms with Gasteiger partial charge in [-0.3, -0.25) is 14.7 Å². The number of benzene rings is 2. The van der Waals surface area contributed by atoms with Crippen LogP contribution < -0.4 is 5.32 Å². The number of hydrogen-bond donors (Lipinski definition) is 3. The van der Waals surface area contributed by atoms with Crippen LogP contribution >= 0.6 is 11.6 Å². The van der Waals surface area contributed by atoms with Crippen LogP contribution in [-0.2, 0) is 16.0 Å². The molecule has 1 amide bonds. The monoisotopic (exact) mass is 502 g/mol. The Kier molecular flexibility index (Phi) is 8.58. The number of aromatic amines is 1. The van der Waals surface area contributed by atoms with E-state index in [0.29, 0.717) is 22.6 Å². The number of amides is 1. The third-order valence-electron chi connectivity index (χ3n) is 5.62. The summed E-state index contributed by atoms with van der Waals surface area (Å²) in [5.74, 6) is -1.86. The normalized spacial score (nSPS) is 13.9. The Hall–Kier alpha value is -3.30. The Bertz CT molecular complexity index is 1150. The number of nitrogens with zero attached hydrogens (tertiary/aromatic N) is 2. The van der Waals surface area contributed by atoms with Gasteiger partial charge < -0.3 is 15.2 Å². The summed E-state index contributed by atoms with van der Waals surface area (Å²) in [7, 11) is 0. The van der Waals surface area contributed by atoms with Crippen molar-refractivity contribution in [1.29, 1.82) is 0 Å². The summed E-state index contributed by atoms with van der Waals surface area (Å²) in [6.07, 6.45) is 1.61. The van der Waals surface area contributed by atoms with Crippen LogP contribution in [0.25, 0.3) is 11.1 Å². The highest BCUT2D eigenvalue weighted by Gasteiger charge is 2.37. The van der Waals surface area contributed by atoms with E-state index < -0.39 is 23.3 Å². The number of carbonyl (C=O) groups is 2. The highest BCUT2D eigenvalue weighted by molar-refractivity contribution is 6.30. The van der Waals surface area contributed by atoms with Gasteiger partial charge in [0, 0.05) is 16.6 Å². The second-order valence-corrected chi connectivity index (χ2v) is 9.43. The molecule has 0 aliphatic carbocycles. The Morgan fingerprint density at radius 1 is 1.23 bits per heavy atom. The minimum atomic E-state index is -1.24. The van der Waals surface area contributed by atoms with E-state index in [1.54, 1.807) is 25.1 Å². The maximum Gasteiger partial charge on any atom is 0.311 e. The first-order valence-electron chi connectivity index (χ1n) is 11.1. The molecule has 3 aromatic rings. The van der Waals surface area contributed by atoms with Crippen molar-refractivity contribution < 1.29 is 23.8 Å². The molecular weight excluding hydrogens is 475 g/mol. The van der Waals surface area contributed by atoms with E-state index in [1.807, 2.05) is 26.0 Å². The van der Waals surface area contributed by atoms with Gasteiger partial charge in [-0.15, -0.1) is 5.10 Å². The topological polar surface area (TPSA) is 117 Å². The van der Waals surface area contributed by atoms with Gasteiger partial charge in [-0.2, -0.15) is 0 Å². The van der Waals surface area contributed by atoms with Crippen LogP contribution in [0.3, 0.4) is 0 Å². The quantitative estimate of drug-likeness (QED) is 0.355. The molecule has 3 N–H and O–H groups in total. The first kappa shape index (κ1) is 26.3. The summed E-state index contributed by atoms with van der Waals surface area (Å²) in [5.41, 5.74) is 0.792. The predicted molar refractivity (Wildman–Crippen MR) is 130 cm³/mol. The molecule has 8 nitrogen and oxygen atoms in total. The van der Waals surface area contributed by atoms with E-state index >= 15 is 0 Å². The number of hydrogen-bond acceptors (Lipinski definition) is 5. The van der Waals surface area contributed by atoms with E-state index in [9.17, 15) is 19.1 Å². The van der Waals surface area contributed by atoms with Gasteiger partial charge in [0.05, 0.1) is 24.3 Å². The van der Waals surface area contributed by atoms with Gasteiger partial charge in [-0.05, 0) is 62.9 Å². The Morgan fingerprint density at radius 2 is 1.94 bits per heavy atom. The number of carboxylic acids is 1. The summed E-state index contributed by atoms with van der Waals surface area (Å²) in [6.45, 7) is 5.25. The fourth-order valence-corrected chi connectivity index (χ4v) is 3.84. The second-order valence-electron chi connectivity index (χ2n) is 9.00. The number of aromatic nitrogens is 3. The number of aliphatic carboxylic acids is 1. The average Bonchev–Trinajstić information content (AvgIpc) is 3.35. The molecule has 0 bridgehead atoms. The summed E-state index contributed by atoms with van der Waals surface area (Å²) >= 11 is 6.01. The molecule has 35 heavy (non-hydrogen) atoms. The predicted octanol–water partition coefficient (Wildman–Crippen LogP) is 4.51. The molecule has 0 saturated heterocycles. The van der Waals surface area contributed by atoms with Crippen molar-refractivity contribution in [2.75, 3.05) is 6.61 Å². The average molecular weight is 503 g/mol. The van der Waals surface area contributed by atoms with Crippen molar-refractivity contribution in [3.05, 3.63) is 70.8 Å². The SMILES string of the molecule is CC(C)OCC(C)(C[C@@H](Cc1ccc(-c2cc(Cl)ccc2F)cc1)NC(=O)c1cnn[nH]1)C(=O)O. The van der Waals surface area contributed by atoms with E-state index in [2.05, 4.69) is 20.7 Å². The summed E-state index contributed by atoms with van der Waals surface area (Å²) in [4.78, 5) is 24.8. The zero-order valence-electron chi connectivity index (χ0n) is 19.7. The fourth-order valence-electron chi connectivity index (χ4n) is 3.67. The van der Waals surface area contributed by atoms with Crippen LogP contribution in [0.2, 0.25) is 5.02 Å². The lowest BCUT2D eigenvalue weighted by Gasteiger charge is -2.30. The van der Waals surface area contributed by atoms with Crippen molar-refractivity contribution in [2.24, 2.45) is 5.41 Å². The molecule has 0 radical (unpaired) electrons. The Labute approximate surface area is 207 Å². The van der Waals surface area contributed by atoms with Crippen LogP contribution in [0, 0.1) is 11.2 Å². The van der Waals surface area contributed by atoms with Crippen molar-refractivity contribution in [3.8, 4) is 11.1 Å². The molecule has 10 heteroatoms. The molecule has 0 aliphatic heterocycles. The first-order chi connectivity index (χ1) is 16.6. The maximum atomic E-state index is 14.2. The first-order valence-corrected chi connectivity index (χ1v) is 11.5. The summed E-state index contributed by atoms with van der Waals surface area (Å²) < 4.78 is 19.9. The number of nitrogens with one attached hydrogen (secondary N) is 2. The molecular formula is C25H28ClFN4O4. The Morgan fingerprint density at radius 3 is 2.54 bits per heavy atom. The molecule has 0 fully saturated rings. The zero-order chi connectivity index (χ0) is 25.6. The summed E-state index contributed by atoms with van der Waals surface area (Å²) in [6, 6.07) is 11.0. The van der Waals surface area contributed by atoms with Gasteiger partial charge in [0.25, 0.3) is 5.91 Å². The number of carboxylic acid groups (broad SMARTS) is 1. The van der Waals surface area contributed by atoms with Crippen molar-refractivity contribution in [3.63, 3.8) is 0 Å². The molecule has 0 aliphatic rings. The number of H-pyrrole nitrogens is 1. The number of ether oxygens (including phenoxy) is 1. The highest BCUT2D eigenvalue weighted by Crippen LogP contribution is 2.29. The minimum absolute atomic E-state index is 0.00896. The third kappa shape index (κ3) is 7.10. The zero-order valence-corrected chi connectivity index (χ0v) is 20.5. The van der Waals surface area contributed by atoms with Gasteiger partial charge in [-0.1, -0.05) is 41.1 Å².